The van der Waals surface area contributed by atoms with Gasteiger partial charge in [-0.3, -0.25) is 9.69 Å². The van der Waals surface area contributed by atoms with Gasteiger partial charge in [0.15, 0.2) is 0 Å². The molecule has 1 saturated heterocycles. The van der Waals surface area contributed by atoms with Gasteiger partial charge in [0.1, 0.15) is 5.60 Å². The van der Waals surface area contributed by atoms with Gasteiger partial charge in [0.25, 0.3) is 0 Å². The summed E-state index contributed by atoms with van der Waals surface area (Å²) in [5.41, 5.74) is -0.0270. The number of piperazine rings is 1. The molecule has 144 valence electrons. The van der Waals surface area contributed by atoms with Gasteiger partial charge in [-0.15, -0.1) is 0 Å². The lowest BCUT2D eigenvalue weighted by Crippen LogP contribution is -2.54. The zero-order valence-electron chi connectivity index (χ0n) is 15.5. The van der Waals surface area contributed by atoms with Crippen LogP contribution in [-0.2, 0) is 9.53 Å². The first-order valence-corrected chi connectivity index (χ1v) is 9.31. The minimum Gasteiger partial charge on any atom is -0.444 e. The Balaban J connectivity index is 1.89. The van der Waals surface area contributed by atoms with Crippen LogP contribution in [-0.4, -0.2) is 59.6 Å². The van der Waals surface area contributed by atoms with Crippen LogP contribution in [0.15, 0.2) is 18.2 Å². The Hall–Kier alpha value is -1.50. The van der Waals surface area contributed by atoms with Crippen LogP contribution in [0.4, 0.5) is 10.5 Å². The van der Waals surface area contributed by atoms with E-state index in [-0.39, 0.29) is 18.0 Å². The molecule has 1 aliphatic rings. The molecule has 0 bridgehead atoms. The Morgan fingerprint density at radius 2 is 1.77 bits per heavy atom. The molecule has 1 unspecified atom stereocenters. The average molecular weight is 402 g/mol. The molecule has 2 amide bonds. The van der Waals surface area contributed by atoms with E-state index in [1.807, 2.05) is 32.6 Å². The summed E-state index contributed by atoms with van der Waals surface area (Å²) >= 11 is 12.1. The minimum atomic E-state index is -0.516. The Labute approximate surface area is 164 Å². The third kappa shape index (κ3) is 5.50. The molecule has 0 saturated carbocycles. The molecular weight excluding hydrogens is 377 g/mol. The fourth-order valence-corrected chi connectivity index (χ4v) is 2.97. The van der Waals surface area contributed by atoms with Gasteiger partial charge >= 0.3 is 6.09 Å². The number of hydrogen-bond donors (Lipinski definition) is 1. The van der Waals surface area contributed by atoms with Crippen LogP contribution in [0.5, 0.6) is 0 Å². The third-order valence-electron chi connectivity index (χ3n) is 4.10. The minimum absolute atomic E-state index is 0.167. The number of carbonyl (C=O) groups is 2. The number of ether oxygens (including phenoxy) is 1. The number of rotatable bonds is 3. The Morgan fingerprint density at radius 1 is 1.15 bits per heavy atom. The number of benzene rings is 1. The predicted octanol–water partition coefficient (Wildman–Crippen LogP) is 3.87. The number of anilines is 1. The lowest BCUT2D eigenvalue weighted by molar-refractivity contribution is -0.121. The summed E-state index contributed by atoms with van der Waals surface area (Å²) in [5, 5.41) is 3.53. The van der Waals surface area contributed by atoms with Crippen molar-refractivity contribution >= 4 is 40.9 Å². The summed E-state index contributed by atoms with van der Waals surface area (Å²) < 4.78 is 5.39. The molecule has 1 aromatic rings. The van der Waals surface area contributed by atoms with Gasteiger partial charge in [0.2, 0.25) is 5.91 Å². The van der Waals surface area contributed by atoms with Gasteiger partial charge in [0.05, 0.1) is 21.8 Å². The number of nitrogens with zero attached hydrogens (tertiary/aromatic N) is 2. The molecule has 1 aromatic carbocycles. The topological polar surface area (TPSA) is 61.9 Å². The van der Waals surface area contributed by atoms with Gasteiger partial charge in [-0.2, -0.15) is 0 Å². The van der Waals surface area contributed by atoms with Crippen LogP contribution in [0.3, 0.4) is 0 Å². The van der Waals surface area contributed by atoms with Crippen LogP contribution in [0.25, 0.3) is 0 Å². The summed E-state index contributed by atoms with van der Waals surface area (Å²) in [4.78, 5) is 28.3. The molecule has 8 heteroatoms. The van der Waals surface area contributed by atoms with E-state index in [1.165, 1.54) is 0 Å². The Kier molecular flexibility index (Phi) is 6.77. The number of hydrogen-bond acceptors (Lipinski definition) is 4. The van der Waals surface area contributed by atoms with E-state index >= 15 is 0 Å². The molecule has 26 heavy (non-hydrogen) atoms. The van der Waals surface area contributed by atoms with Gasteiger partial charge in [-0.25, -0.2) is 4.79 Å². The molecule has 1 atom stereocenters. The lowest BCUT2D eigenvalue weighted by atomic mass is 10.2. The first-order valence-electron chi connectivity index (χ1n) is 8.55. The molecule has 0 aromatic heterocycles. The summed E-state index contributed by atoms with van der Waals surface area (Å²) in [6.07, 6.45) is -0.319. The Morgan fingerprint density at radius 3 is 2.35 bits per heavy atom. The van der Waals surface area contributed by atoms with Crippen LogP contribution in [0, 0.1) is 0 Å². The fraction of sp³-hybridized carbons (Fsp3) is 0.556. The molecule has 0 radical (unpaired) electrons. The van der Waals surface area contributed by atoms with E-state index in [9.17, 15) is 9.59 Å². The standard InChI is InChI=1S/C18H25Cl2N3O3/c1-12(16(24)21-14-7-5-6-13(19)15(14)20)22-8-10-23(11-9-22)17(25)26-18(2,3)4/h5-7,12H,8-11H2,1-4H3,(H,21,24). The summed E-state index contributed by atoms with van der Waals surface area (Å²) in [6.45, 7) is 9.58. The van der Waals surface area contributed by atoms with Crippen molar-refractivity contribution in [3.8, 4) is 0 Å². The van der Waals surface area contributed by atoms with Crippen LogP contribution >= 0.6 is 23.2 Å². The zero-order valence-corrected chi connectivity index (χ0v) is 17.0. The van der Waals surface area contributed by atoms with E-state index in [0.717, 1.165) is 0 Å². The van der Waals surface area contributed by atoms with Crippen molar-refractivity contribution in [1.82, 2.24) is 9.80 Å². The molecular formula is C18H25Cl2N3O3. The highest BCUT2D eigenvalue weighted by Crippen LogP contribution is 2.29. The largest absolute Gasteiger partial charge is 0.444 e. The van der Waals surface area contributed by atoms with Gasteiger partial charge in [-0.05, 0) is 39.8 Å². The van der Waals surface area contributed by atoms with Crippen LogP contribution < -0.4 is 5.32 Å². The van der Waals surface area contributed by atoms with Crippen LogP contribution in [0.2, 0.25) is 10.0 Å². The van der Waals surface area contributed by atoms with E-state index in [0.29, 0.717) is 41.9 Å². The molecule has 2 rings (SSSR count). The third-order valence-corrected chi connectivity index (χ3v) is 4.92. The molecule has 1 fully saturated rings. The SMILES string of the molecule is CC(C(=O)Nc1cccc(Cl)c1Cl)N1CCN(C(=O)OC(C)(C)C)CC1. The number of nitrogens with one attached hydrogen (secondary N) is 1. The van der Waals surface area contributed by atoms with Crippen molar-refractivity contribution in [2.24, 2.45) is 0 Å². The summed E-state index contributed by atoms with van der Waals surface area (Å²) in [7, 11) is 0. The normalized spacial score (nSPS) is 16.9. The van der Waals surface area contributed by atoms with Crippen molar-refractivity contribution in [1.29, 1.82) is 0 Å². The Bertz CT molecular complexity index is 668. The van der Waals surface area contributed by atoms with Crippen molar-refractivity contribution in [2.75, 3.05) is 31.5 Å². The first-order chi connectivity index (χ1) is 12.1. The van der Waals surface area contributed by atoms with Gasteiger partial charge in [0, 0.05) is 26.2 Å². The molecule has 1 heterocycles. The van der Waals surface area contributed by atoms with E-state index in [1.54, 1.807) is 23.1 Å². The number of amides is 2. The highest BCUT2D eigenvalue weighted by Gasteiger charge is 2.30. The van der Waals surface area contributed by atoms with Gasteiger partial charge < -0.3 is 15.0 Å². The summed E-state index contributed by atoms with van der Waals surface area (Å²) in [6, 6.07) is 4.75. The first kappa shape index (κ1) is 20.8. The quantitative estimate of drug-likeness (QED) is 0.834. The smallest absolute Gasteiger partial charge is 0.410 e. The molecule has 0 aliphatic carbocycles. The molecule has 0 spiro atoms. The van der Waals surface area contributed by atoms with E-state index in [2.05, 4.69) is 5.32 Å². The van der Waals surface area contributed by atoms with Crippen molar-refractivity contribution in [3.63, 3.8) is 0 Å². The van der Waals surface area contributed by atoms with E-state index < -0.39 is 5.60 Å². The predicted molar refractivity (Wildman–Crippen MR) is 104 cm³/mol. The maximum absolute atomic E-state index is 12.5. The second-order valence-electron chi connectivity index (χ2n) is 7.27. The lowest BCUT2D eigenvalue weighted by Gasteiger charge is -2.37. The monoisotopic (exact) mass is 401 g/mol. The number of carbonyl (C=O) groups excluding carboxylic acids is 2. The van der Waals surface area contributed by atoms with Crippen LogP contribution in [0.1, 0.15) is 27.7 Å². The second kappa shape index (κ2) is 8.46. The van der Waals surface area contributed by atoms with Crippen molar-refractivity contribution in [2.45, 2.75) is 39.3 Å². The highest BCUT2D eigenvalue weighted by atomic mass is 35.5. The second-order valence-corrected chi connectivity index (χ2v) is 8.06. The maximum atomic E-state index is 12.5. The molecule has 1 aliphatic heterocycles. The number of halogens is 2. The highest BCUT2D eigenvalue weighted by molar-refractivity contribution is 6.44. The molecule has 1 N–H and O–H groups in total. The molecule has 6 nitrogen and oxygen atoms in total. The maximum Gasteiger partial charge on any atom is 0.410 e. The van der Waals surface area contributed by atoms with Crippen molar-refractivity contribution in [3.05, 3.63) is 28.2 Å². The fourth-order valence-electron chi connectivity index (χ4n) is 2.62. The zero-order chi connectivity index (χ0) is 19.5. The summed E-state index contributed by atoms with van der Waals surface area (Å²) in [5.74, 6) is -0.167. The van der Waals surface area contributed by atoms with Crippen molar-refractivity contribution < 1.29 is 14.3 Å². The van der Waals surface area contributed by atoms with E-state index in [4.69, 9.17) is 27.9 Å². The average Bonchev–Trinajstić information content (AvgIpc) is 2.57. The van der Waals surface area contributed by atoms with Gasteiger partial charge in [-0.1, -0.05) is 29.3 Å².